The highest BCUT2D eigenvalue weighted by Gasteiger charge is 2.25. The first-order chi connectivity index (χ1) is 9.34. The summed E-state index contributed by atoms with van der Waals surface area (Å²) in [5.41, 5.74) is 6.37. The minimum atomic E-state index is -3.79. The number of pyridine rings is 1. The van der Waals surface area contributed by atoms with Crippen molar-refractivity contribution in [3.8, 4) is 0 Å². The van der Waals surface area contributed by atoms with E-state index in [-0.39, 0.29) is 15.6 Å². The highest BCUT2D eigenvalue weighted by Crippen LogP contribution is 2.31. The number of hydrogen-bond acceptors (Lipinski definition) is 4. The van der Waals surface area contributed by atoms with Gasteiger partial charge in [-0.3, -0.25) is 9.29 Å². The van der Waals surface area contributed by atoms with Crippen LogP contribution in [-0.4, -0.2) is 20.4 Å². The molecule has 0 radical (unpaired) electrons. The second-order valence-corrected chi connectivity index (χ2v) is 7.24. The van der Waals surface area contributed by atoms with Crippen LogP contribution in [0.15, 0.2) is 46.0 Å². The Bertz CT molecular complexity index is 752. The maximum absolute atomic E-state index is 12.6. The molecule has 106 valence electrons. The van der Waals surface area contributed by atoms with E-state index in [2.05, 4.69) is 20.9 Å². The van der Waals surface area contributed by atoms with E-state index in [0.717, 1.165) is 4.31 Å². The van der Waals surface area contributed by atoms with Gasteiger partial charge >= 0.3 is 0 Å². The molecule has 0 aliphatic heterocycles. The van der Waals surface area contributed by atoms with Gasteiger partial charge in [0, 0.05) is 17.7 Å². The number of benzene rings is 1. The van der Waals surface area contributed by atoms with Crippen molar-refractivity contribution in [3.63, 3.8) is 0 Å². The third-order valence-electron chi connectivity index (χ3n) is 2.70. The fraction of sp³-hybridized carbons (Fsp3) is 0.0833. The predicted octanol–water partition coefficient (Wildman–Crippen LogP) is 2.90. The van der Waals surface area contributed by atoms with Gasteiger partial charge in [-0.2, -0.15) is 0 Å². The van der Waals surface area contributed by atoms with Crippen molar-refractivity contribution in [1.29, 1.82) is 0 Å². The van der Waals surface area contributed by atoms with E-state index in [1.807, 2.05) is 0 Å². The topological polar surface area (TPSA) is 76.3 Å². The second kappa shape index (κ2) is 5.59. The molecular formula is C12H11BrClN3O2S. The summed E-state index contributed by atoms with van der Waals surface area (Å²) in [6, 6.07) is 6.11. The number of anilines is 2. The van der Waals surface area contributed by atoms with Gasteiger partial charge in [0.25, 0.3) is 10.0 Å². The van der Waals surface area contributed by atoms with Gasteiger partial charge in [0.05, 0.1) is 22.6 Å². The number of halogens is 2. The fourth-order valence-corrected chi connectivity index (χ4v) is 3.88. The van der Waals surface area contributed by atoms with Crippen molar-refractivity contribution in [1.82, 2.24) is 4.98 Å². The molecule has 20 heavy (non-hydrogen) atoms. The van der Waals surface area contributed by atoms with Gasteiger partial charge in [0.2, 0.25) is 0 Å². The fourth-order valence-electron chi connectivity index (χ4n) is 1.65. The molecule has 2 aromatic rings. The van der Waals surface area contributed by atoms with Gasteiger partial charge in [-0.1, -0.05) is 27.5 Å². The third kappa shape index (κ3) is 2.74. The van der Waals surface area contributed by atoms with Crippen LogP contribution in [-0.2, 0) is 10.0 Å². The maximum Gasteiger partial charge on any atom is 0.265 e. The van der Waals surface area contributed by atoms with E-state index in [1.54, 1.807) is 6.07 Å². The normalized spacial score (nSPS) is 11.3. The second-order valence-electron chi connectivity index (χ2n) is 3.98. The lowest BCUT2D eigenvalue weighted by Gasteiger charge is -2.21. The van der Waals surface area contributed by atoms with Gasteiger partial charge in [0.1, 0.15) is 4.90 Å². The van der Waals surface area contributed by atoms with Gasteiger partial charge in [0.15, 0.2) is 0 Å². The molecule has 2 rings (SSSR count). The summed E-state index contributed by atoms with van der Waals surface area (Å²) in [4.78, 5) is 3.85. The molecule has 0 atom stereocenters. The SMILES string of the molecule is CN(c1ccncc1N)S(=O)(=O)c1ccc(Br)cc1Cl. The standard InChI is InChI=1S/C12H11BrClN3O2S/c1-17(11-4-5-16-7-10(11)15)20(18,19)12-3-2-8(13)6-9(12)14/h2-7H,15H2,1H3. The lowest BCUT2D eigenvalue weighted by molar-refractivity contribution is 0.594. The molecule has 8 heteroatoms. The van der Waals surface area contributed by atoms with Crippen molar-refractivity contribution in [2.24, 2.45) is 0 Å². The highest BCUT2D eigenvalue weighted by molar-refractivity contribution is 9.10. The molecule has 0 spiro atoms. The van der Waals surface area contributed by atoms with Crippen LogP contribution >= 0.6 is 27.5 Å². The molecule has 1 heterocycles. The summed E-state index contributed by atoms with van der Waals surface area (Å²) < 4.78 is 26.9. The van der Waals surface area contributed by atoms with Crippen LogP contribution in [0, 0.1) is 0 Å². The Morgan fingerprint density at radius 3 is 2.65 bits per heavy atom. The van der Waals surface area contributed by atoms with Crippen LogP contribution in [0.2, 0.25) is 5.02 Å². The Balaban J connectivity index is 2.53. The Kier molecular flexibility index (Phi) is 4.22. The molecule has 0 saturated carbocycles. The molecule has 0 saturated heterocycles. The molecule has 0 aliphatic rings. The minimum Gasteiger partial charge on any atom is -0.396 e. The Morgan fingerprint density at radius 2 is 2.05 bits per heavy atom. The van der Waals surface area contributed by atoms with E-state index in [1.165, 1.54) is 37.6 Å². The van der Waals surface area contributed by atoms with Crippen LogP contribution in [0.4, 0.5) is 11.4 Å². The van der Waals surface area contributed by atoms with Crippen LogP contribution in [0.5, 0.6) is 0 Å². The molecule has 1 aromatic heterocycles. The van der Waals surface area contributed by atoms with E-state index >= 15 is 0 Å². The quantitative estimate of drug-likeness (QED) is 0.893. The number of rotatable bonds is 3. The predicted molar refractivity (Wildman–Crippen MR) is 83.4 cm³/mol. The molecular weight excluding hydrogens is 366 g/mol. The molecule has 0 bridgehead atoms. The monoisotopic (exact) mass is 375 g/mol. The van der Waals surface area contributed by atoms with E-state index < -0.39 is 10.0 Å². The largest absolute Gasteiger partial charge is 0.396 e. The third-order valence-corrected chi connectivity index (χ3v) is 5.45. The first-order valence-corrected chi connectivity index (χ1v) is 8.08. The van der Waals surface area contributed by atoms with Crippen LogP contribution in [0.1, 0.15) is 0 Å². The summed E-state index contributed by atoms with van der Waals surface area (Å²) in [6.45, 7) is 0. The molecule has 5 nitrogen and oxygen atoms in total. The van der Waals surface area contributed by atoms with Gasteiger partial charge in [-0.15, -0.1) is 0 Å². The van der Waals surface area contributed by atoms with Crippen molar-refractivity contribution in [2.45, 2.75) is 4.90 Å². The molecule has 0 fully saturated rings. The maximum atomic E-state index is 12.6. The lowest BCUT2D eigenvalue weighted by Crippen LogP contribution is -2.27. The number of aromatic nitrogens is 1. The number of nitrogen functional groups attached to an aromatic ring is 1. The van der Waals surface area contributed by atoms with Crippen LogP contribution < -0.4 is 10.0 Å². The smallest absolute Gasteiger partial charge is 0.265 e. The summed E-state index contributed by atoms with van der Waals surface area (Å²) in [5, 5.41) is 0.138. The summed E-state index contributed by atoms with van der Waals surface area (Å²) in [6.07, 6.45) is 2.87. The van der Waals surface area contributed by atoms with Gasteiger partial charge < -0.3 is 5.73 Å². The highest BCUT2D eigenvalue weighted by atomic mass is 79.9. The lowest BCUT2D eigenvalue weighted by atomic mass is 10.3. The first kappa shape index (κ1) is 15.1. The summed E-state index contributed by atoms with van der Waals surface area (Å²) >= 11 is 9.24. The van der Waals surface area contributed by atoms with Crippen LogP contribution in [0.3, 0.4) is 0 Å². The number of hydrogen-bond donors (Lipinski definition) is 1. The average Bonchev–Trinajstić information content (AvgIpc) is 2.38. The van der Waals surface area contributed by atoms with Crippen molar-refractivity contribution >= 4 is 48.9 Å². The zero-order valence-electron chi connectivity index (χ0n) is 10.4. The van der Waals surface area contributed by atoms with Crippen molar-refractivity contribution in [2.75, 3.05) is 17.1 Å². The summed E-state index contributed by atoms with van der Waals surface area (Å²) in [7, 11) is -2.37. The van der Waals surface area contributed by atoms with Gasteiger partial charge in [-0.25, -0.2) is 8.42 Å². The Morgan fingerprint density at radius 1 is 1.35 bits per heavy atom. The molecule has 0 aliphatic carbocycles. The van der Waals surface area contributed by atoms with Crippen molar-refractivity contribution in [3.05, 3.63) is 46.2 Å². The molecule has 1 aromatic carbocycles. The summed E-state index contributed by atoms with van der Waals surface area (Å²) in [5.74, 6) is 0. The number of sulfonamides is 1. The minimum absolute atomic E-state index is 0.0149. The zero-order valence-corrected chi connectivity index (χ0v) is 13.6. The molecule has 0 unspecified atom stereocenters. The molecule has 2 N–H and O–H groups in total. The van der Waals surface area contributed by atoms with E-state index in [4.69, 9.17) is 17.3 Å². The Hall–Kier alpha value is -1.31. The number of nitrogens with two attached hydrogens (primary N) is 1. The van der Waals surface area contributed by atoms with Gasteiger partial charge in [-0.05, 0) is 24.3 Å². The average molecular weight is 377 g/mol. The van der Waals surface area contributed by atoms with E-state index in [9.17, 15) is 8.42 Å². The Labute approximate surface area is 130 Å². The van der Waals surface area contributed by atoms with Crippen LogP contribution in [0.25, 0.3) is 0 Å². The first-order valence-electron chi connectivity index (χ1n) is 5.47. The van der Waals surface area contributed by atoms with E-state index in [0.29, 0.717) is 10.2 Å². The van der Waals surface area contributed by atoms with Crippen molar-refractivity contribution < 1.29 is 8.42 Å². The zero-order chi connectivity index (χ0) is 14.9. The molecule has 0 amide bonds. The number of nitrogens with zero attached hydrogens (tertiary/aromatic N) is 2.